The van der Waals surface area contributed by atoms with Crippen molar-refractivity contribution in [2.75, 3.05) is 39.5 Å². The lowest BCUT2D eigenvalue weighted by Crippen LogP contribution is -2.45. The molecule has 2 aliphatic heterocycles. The third-order valence-electron chi connectivity index (χ3n) is 4.57. The second-order valence-corrected chi connectivity index (χ2v) is 7.67. The maximum Gasteiger partial charge on any atom is 0.410 e. The van der Waals surface area contributed by atoms with Crippen molar-refractivity contribution < 1.29 is 23.8 Å². The van der Waals surface area contributed by atoms with Gasteiger partial charge in [0.25, 0.3) is 0 Å². The van der Waals surface area contributed by atoms with Crippen LogP contribution >= 0.6 is 0 Å². The van der Waals surface area contributed by atoms with Crippen molar-refractivity contribution in [3.63, 3.8) is 0 Å². The van der Waals surface area contributed by atoms with Crippen LogP contribution in [-0.4, -0.2) is 79.0 Å². The zero-order valence-corrected chi connectivity index (χ0v) is 16.0. The second kappa shape index (κ2) is 8.85. The average Bonchev–Trinajstić information content (AvgIpc) is 2.97. The van der Waals surface area contributed by atoms with Crippen LogP contribution in [0.25, 0.3) is 0 Å². The Hall–Kier alpha value is -1.34. The van der Waals surface area contributed by atoms with Crippen LogP contribution in [-0.2, 0) is 19.0 Å². The minimum absolute atomic E-state index is 0.00658. The molecule has 2 heterocycles. The highest BCUT2D eigenvalue weighted by molar-refractivity contribution is 5.71. The number of nitrogens with zero attached hydrogens (tertiary/aromatic N) is 2. The van der Waals surface area contributed by atoms with E-state index in [4.69, 9.17) is 14.2 Å². The normalized spacial score (nSPS) is 25.0. The summed E-state index contributed by atoms with van der Waals surface area (Å²) in [6.45, 7) is 11.7. The zero-order valence-electron chi connectivity index (χ0n) is 16.0. The second-order valence-electron chi connectivity index (χ2n) is 7.67. The fraction of sp³-hybridized carbons (Fsp3) is 0.889. The Labute approximate surface area is 150 Å². The van der Waals surface area contributed by atoms with Gasteiger partial charge in [-0.2, -0.15) is 0 Å². The van der Waals surface area contributed by atoms with E-state index in [0.717, 1.165) is 32.7 Å². The smallest absolute Gasteiger partial charge is 0.410 e. The van der Waals surface area contributed by atoms with E-state index in [9.17, 15) is 9.59 Å². The summed E-state index contributed by atoms with van der Waals surface area (Å²) in [7, 11) is 0. The van der Waals surface area contributed by atoms with E-state index >= 15 is 0 Å². The summed E-state index contributed by atoms with van der Waals surface area (Å²) >= 11 is 0. The van der Waals surface area contributed by atoms with Gasteiger partial charge in [0.05, 0.1) is 19.8 Å². The molecule has 7 nitrogen and oxygen atoms in total. The molecule has 0 N–H and O–H groups in total. The van der Waals surface area contributed by atoms with Crippen LogP contribution in [0.2, 0.25) is 0 Å². The lowest BCUT2D eigenvalue weighted by Gasteiger charge is -2.32. The fourth-order valence-corrected chi connectivity index (χ4v) is 3.43. The number of carbonyl (C=O) groups excluding carboxylic acids is 2. The molecule has 2 aliphatic rings. The summed E-state index contributed by atoms with van der Waals surface area (Å²) in [5.41, 5.74) is -0.528. The Bertz CT molecular complexity index is 457. The maximum atomic E-state index is 12.6. The van der Waals surface area contributed by atoms with E-state index in [1.165, 1.54) is 0 Å². The summed E-state index contributed by atoms with van der Waals surface area (Å²) in [6.07, 6.45) is 1.50. The van der Waals surface area contributed by atoms with E-state index < -0.39 is 5.60 Å². The molecule has 0 bridgehead atoms. The van der Waals surface area contributed by atoms with E-state index in [-0.39, 0.29) is 18.1 Å². The molecular weight excluding hydrogens is 324 g/mol. The van der Waals surface area contributed by atoms with Gasteiger partial charge in [-0.1, -0.05) is 0 Å². The van der Waals surface area contributed by atoms with Gasteiger partial charge in [0.2, 0.25) is 0 Å². The molecule has 0 aromatic carbocycles. The minimum Gasteiger partial charge on any atom is -0.466 e. The van der Waals surface area contributed by atoms with Crippen molar-refractivity contribution >= 4 is 12.1 Å². The summed E-state index contributed by atoms with van der Waals surface area (Å²) in [6, 6.07) is 0.302. The average molecular weight is 356 g/mol. The van der Waals surface area contributed by atoms with E-state index in [1.54, 1.807) is 11.8 Å². The number of rotatable bonds is 5. The lowest BCUT2D eigenvalue weighted by molar-refractivity contribution is -0.143. The highest BCUT2D eigenvalue weighted by atomic mass is 16.6. The topological polar surface area (TPSA) is 68.3 Å². The first-order valence-electron chi connectivity index (χ1n) is 9.27. The molecule has 1 amide bonds. The molecule has 0 aromatic heterocycles. The first-order chi connectivity index (χ1) is 11.8. The van der Waals surface area contributed by atoms with Gasteiger partial charge in [0, 0.05) is 38.1 Å². The molecule has 7 heteroatoms. The summed E-state index contributed by atoms with van der Waals surface area (Å²) in [4.78, 5) is 28.5. The summed E-state index contributed by atoms with van der Waals surface area (Å²) < 4.78 is 16.0. The van der Waals surface area contributed by atoms with Crippen LogP contribution in [0.5, 0.6) is 0 Å². The molecule has 0 radical (unpaired) electrons. The van der Waals surface area contributed by atoms with Crippen molar-refractivity contribution in [1.29, 1.82) is 0 Å². The van der Waals surface area contributed by atoms with E-state index in [0.29, 0.717) is 32.0 Å². The zero-order chi connectivity index (χ0) is 18.4. The SMILES string of the molecule is CCOC(=O)CC[C@@H]1C[C@@H](N2CCOCC2)CN1C(=O)OC(C)(C)C. The molecule has 2 saturated heterocycles. The van der Waals surface area contributed by atoms with Crippen molar-refractivity contribution in [1.82, 2.24) is 9.80 Å². The number of esters is 1. The minimum atomic E-state index is -0.528. The van der Waals surface area contributed by atoms with Gasteiger partial charge < -0.3 is 19.1 Å². The van der Waals surface area contributed by atoms with Crippen LogP contribution in [0.15, 0.2) is 0 Å². The highest BCUT2D eigenvalue weighted by Gasteiger charge is 2.40. The van der Waals surface area contributed by atoms with Gasteiger partial charge in [0.1, 0.15) is 5.60 Å². The van der Waals surface area contributed by atoms with Crippen molar-refractivity contribution in [3.05, 3.63) is 0 Å². The first kappa shape index (κ1) is 20.0. The maximum absolute atomic E-state index is 12.6. The summed E-state index contributed by atoms with van der Waals surface area (Å²) in [5, 5.41) is 0. The third-order valence-corrected chi connectivity index (χ3v) is 4.57. The molecule has 0 saturated carbocycles. The van der Waals surface area contributed by atoms with Gasteiger partial charge in [0.15, 0.2) is 0 Å². The van der Waals surface area contributed by atoms with Gasteiger partial charge >= 0.3 is 12.1 Å². The molecule has 144 valence electrons. The fourth-order valence-electron chi connectivity index (χ4n) is 3.43. The van der Waals surface area contributed by atoms with Gasteiger partial charge in [-0.05, 0) is 40.5 Å². The van der Waals surface area contributed by atoms with Crippen molar-refractivity contribution in [2.45, 2.75) is 64.6 Å². The summed E-state index contributed by atoms with van der Waals surface area (Å²) in [5.74, 6) is -0.207. The number of amides is 1. The number of likely N-dealkylation sites (tertiary alicyclic amines) is 1. The molecule has 0 aromatic rings. The van der Waals surface area contributed by atoms with Crippen LogP contribution < -0.4 is 0 Å². The standard InChI is InChI=1S/C18H32N2O5/c1-5-24-16(21)7-6-14-12-15(19-8-10-23-11-9-19)13-20(14)17(22)25-18(2,3)4/h14-15H,5-13H2,1-4H3/t14-,15-/m1/s1. The van der Waals surface area contributed by atoms with E-state index in [2.05, 4.69) is 4.90 Å². The first-order valence-corrected chi connectivity index (χ1v) is 9.27. The molecule has 25 heavy (non-hydrogen) atoms. The molecule has 0 aliphatic carbocycles. The van der Waals surface area contributed by atoms with Crippen LogP contribution in [0.1, 0.15) is 47.0 Å². The van der Waals surface area contributed by atoms with Gasteiger partial charge in [-0.15, -0.1) is 0 Å². The Morgan fingerprint density at radius 2 is 1.88 bits per heavy atom. The Kier molecular flexibility index (Phi) is 7.07. The predicted molar refractivity (Wildman–Crippen MR) is 93.4 cm³/mol. The quantitative estimate of drug-likeness (QED) is 0.702. The van der Waals surface area contributed by atoms with Gasteiger partial charge in [-0.3, -0.25) is 9.69 Å². The van der Waals surface area contributed by atoms with Crippen LogP contribution in [0, 0.1) is 0 Å². The third kappa shape index (κ3) is 6.15. The monoisotopic (exact) mass is 356 g/mol. The Morgan fingerprint density at radius 1 is 1.20 bits per heavy atom. The number of carbonyl (C=O) groups is 2. The Morgan fingerprint density at radius 3 is 2.48 bits per heavy atom. The molecule has 2 rings (SSSR count). The predicted octanol–water partition coefficient (Wildman–Crippen LogP) is 2.04. The van der Waals surface area contributed by atoms with Crippen LogP contribution in [0.4, 0.5) is 4.79 Å². The Balaban J connectivity index is 2.00. The molecule has 2 fully saturated rings. The van der Waals surface area contributed by atoms with Gasteiger partial charge in [-0.25, -0.2) is 4.79 Å². The van der Waals surface area contributed by atoms with Crippen molar-refractivity contribution in [3.8, 4) is 0 Å². The van der Waals surface area contributed by atoms with Crippen LogP contribution in [0.3, 0.4) is 0 Å². The van der Waals surface area contributed by atoms with E-state index in [1.807, 2.05) is 20.8 Å². The molecule has 0 spiro atoms. The highest BCUT2D eigenvalue weighted by Crippen LogP contribution is 2.28. The molecule has 2 atom stereocenters. The largest absolute Gasteiger partial charge is 0.466 e. The number of hydrogen-bond donors (Lipinski definition) is 0. The number of ether oxygens (including phenoxy) is 3. The number of morpholine rings is 1. The molecular formula is C18H32N2O5. The van der Waals surface area contributed by atoms with Crippen molar-refractivity contribution in [2.24, 2.45) is 0 Å². The number of hydrogen-bond acceptors (Lipinski definition) is 6. The molecule has 0 unspecified atom stereocenters. The lowest BCUT2D eigenvalue weighted by atomic mass is 10.1.